The van der Waals surface area contributed by atoms with Gasteiger partial charge in [-0.25, -0.2) is 0 Å². The van der Waals surface area contributed by atoms with Gasteiger partial charge in [0.2, 0.25) is 0 Å². The lowest BCUT2D eigenvalue weighted by molar-refractivity contribution is 0.0396. The molecule has 3 rings (SSSR count). The fraction of sp³-hybridized carbons (Fsp3) is 0.562. The third-order valence-corrected chi connectivity index (χ3v) is 4.50. The molecule has 0 bridgehead atoms. The van der Waals surface area contributed by atoms with Crippen LogP contribution in [0.1, 0.15) is 29.6 Å². The Morgan fingerprint density at radius 3 is 2.62 bits per heavy atom. The van der Waals surface area contributed by atoms with Crippen molar-refractivity contribution in [3.8, 4) is 0 Å². The summed E-state index contributed by atoms with van der Waals surface area (Å²) in [6.45, 7) is 2.97. The Kier molecular flexibility index (Phi) is 4.12. The Balaban J connectivity index is 1.81. The Bertz CT molecular complexity index is 514. The van der Waals surface area contributed by atoms with Gasteiger partial charge in [0.15, 0.2) is 0 Å². The largest absolute Gasteiger partial charge is 0.390 e. The molecule has 0 radical (unpaired) electrons. The number of nitrogens with zero attached hydrogens (tertiary/aromatic N) is 2. The van der Waals surface area contributed by atoms with Gasteiger partial charge in [-0.15, -0.1) is 0 Å². The number of aliphatic hydroxyl groups excluding tert-OH is 1. The standard InChI is InChI=1S/C16H23N3O2/c17-13-7-10-19(11-15(13)20)16(21)12-5-1-2-6-14(12)18-8-3-4-9-18/h1-2,5-6,13,15,20H,3-4,7-11,17H2/t13-,15-/m1/s1. The summed E-state index contributed by atoms with van der Waals surface area (Å²) in [5.41, 5.74) is 7.57. The van der Waals surface area contributed by atoms with E-state index in [1.54, 1.807) is 4.90 Å². The fourth-order valence-corrected chi connectivity index (χ4v) is 3.19. The lowest BCUT2D eigenvalue weighted by atomic mass is 10.0. The van der Waals surface area contributed by atoms with E-state index in [4.69, 9.17) is 5.73 Å². The van der Waals surface area contributed by atoms with E-state index in [0.717, 1.165) is 24.3 Å². The minimum atomic E-state index is -0.623. The lowest BCUT2D eigenvalue weighted by Crippen LogP contribution is -2.52. The zero-order valence-corrected chi connectivity index (χ0v) is 12.2. The van der Waals surface area contributed by atoms with Crippen molar-refractivity contribution in [2.24, 2.45) is 5.73 Å². The predicted octanol–water partition coefficient (Wildman–Crippen LogP) is 0.821. The van der Waals surface area contributed by atoms with Crippen LogP contribution in [0.25, 0.3) is 0 Å². The maximum Gasteiger partial charge on any atom is 0.256 e. The summed E-state index contributed by atoms with van der Waals surface area (Å²) >= 11 is 0. The van der Waals surface area contributed by atoms with E-state index in [0.29, 0.717) is 19.5 Å². The SMILES string of the molecule is N[C@@H]1CCN(C(=O)c2ccccc2N2CCCC2)C[C@H]1O. The number of piperidine rings is 1. The van der Waals surface area contributed by atoms with Crippen LogP contribution in [0, 0.1) is 0 Å². The van der Waals surface area contributed by atoms with E-state index >= 15 is 0 Å². The lowest BCUT2D eigenvalue weighted by Gasteiger charge is -2.35. The number of carbonyl (C=O) groups is 1. The third kappa shape index (κ3) is 2.89. The van der Waals surface area contributed by atoms with Crippen LogP contribution >= 0.6 is 0 Å². The van der Waals surface area contributed by atoms with Crippen molar-refractivity contribution >= 4 is 11.6 Å². The minimum absolute atomic E-state index is 0.00319. The molecule has 5 heteroatoms. The van der Waals surface area contributed by atoms with Crippen molar-refractivity contribution < 1.29 is 9.90 Å². The normalized spacial score (nSPS) is 26.2. The zero-order valence-electron chi connectivity index (χ0n) is 12.2. The van der Waals surface area contributed by atoms with E-state index in [-0.39, 0.29) is 11.9 Å². The number of β-amino-alcohol motifs (C(OH)–C–C–N with tert-alkyl or cyclic N) is 1. The Morgan fingerprint density at radius 1 is 1.19 bits per heavy atom. The first-order valence-corrected chi connectivity index (χ1v) is 7.73. The molecular weight excluding hydrogens is 266 g/mol. The number of nitrogens with two attached hydrogens (primary N) is 1. The number of benzene rings is 1. The summed E-state index contributed by atoms with van der Waals surface area (Å²) in [5.74, 6) is 0.00319. The van der Waals surface area contributed by atoms with Gasteiger partial charge >= 0.3 is 0 Å². The maximum absolute atomic E-state index is 12.8. The van der Waals surface area contributed by atoms with E-state index in [2.05, 4.69) is 4.90 Å². The van der Waals surface area contributed by atoms with Gasteiger partial charge in [-0.05, 0) is 31.4 Å². The molecule has 2 aliphatic heterocycles. The number of aliphatic hydroxyl groups is 1. The molecule has 21 heavy (non-hydrogen) atoms. The van der Waals surface area contributed by atoms with Gasteiger partial charge in [-0.2, -0.15) is 0 Å². The Hall–Kier alpha value is -1.59. The summed E-state index contributed by atoms with van der Waals surface area (Å²) in [4.78, 5) is 16.8. The van der Waals surface area contributed by atoms with Crippen LogP contribution in [0.3, 0.4) is 0 Å². The fourth-order valence-electron chi connectivity index (χ4n) is 3.19. The van der Waals surface area contributed by atoms with Gasteiger partial charge in [0.05, 0.1) is 11.7 Å². The minimum Gasteiger partial charge on any atom is -0.390 e. The molecular formula is C16H23N3O2. The second kappa shape index (κ2) is 6.03. The van der Waals surface area contributed by atoms with Gasteiger partial charge in [-0.3, -0.25) is 4.79 Å². The third-order valence-electron chi connectivity index (χ3n) is 4.50. The number of amides is 1. The number of likely N-dealkylation sites (tertiary alicyclic amines) is 1. The smallest absolute Gasteiger partial charge is 0.256 e. The van der Waals surface area contributed by atoms with Crippen molar-refractivity contribution in [3.05, 3.63) is 29.8 Å². The molecule has 0 aliphatic carbocycles. The molecule has 0 unspecified atom stereocenters. The van der Waals surface area contributed by atoms with Gasteiger partial charge in [0.25, 0.3) is 5.91 Å². The van der Waals surface area contributed by atoms with Crippen molar-refractivity contribution in [1.82, 2.24) is 4.90 Å². The molecule has 0 saturated carbocycles. The van der Waals surface area contributed by atoms with Gasteiger partial charge in [0, 0.05) is 37.9 Å². The number of para-hydroxylation sites is 1. The molecule has 2 aliphatic rings. The van der Waals surface area contributed by atoms with Crippen LogP contribution < -0.4 is 10.6 Å². The summed E-state index contributed by atoms with van der Waals surface area (Å²) < 4.78 is 0. The van der Waals surface area contributed by atoms with Gasteiger partial charge < -0.3 is 20.6 Å². The number of anilines is 1. The van der Waals surface area contributed by atoms with Crippen LogP contribution in [0.2, 0.25) is 0 Å². The molecule has 0 spiro atoms. The van der Waals surface area contributed by atoms with E-state index in [1.165, 1.54) is 12.8 Å². The molecule has 2 saturated heterocycles. The highest BCUT2D eigenvalue weighted by molar-refractivity contribution is 6.00. The molecule has 114 valence electrons. The van der Waals surface area contributed by atoms with Crippen molar-refractivity contribution in [2.45, 2.75) is 31.4 Å². The molecule has 1 aromatic carbocycles. The number of carbonyl (C=O) groups excluding carboxylic acids is 1. The summed E-state index contributed by atoms with van der Waals surface area (Å²) in [7, 11) is 0. The topological polar surface area (TPSA) is 69.8 Å². The highest BCUT2D eigenvalue weighted by Gasteiger charge is 2.30. The van der Waals surface area contributed by atoms with Crippen LogP contribution in [0.5, 0.6) is 0 Å². The Labute approximate surface area is 125 Å². The van der Waals surface area contributed by atoms with Crippen molar-refractivity contribution in [2.75, 3.05) is 31.1 Å². The van der Waals surface area contributed by atoms with Crippen molar-refractivity contribution in [1.29, 1.82) is 0 Å². The summed E-state index contributed by atoms with van der Waals surface area (Å²) in [5, 5.41) is 9.90. The molecule has 1 aromatic rings. The first-order valence-electron chi connectivity index (χ1n) is 7.73. The predicted molar refractivity (Wildman–Crippen MR) is 82.4 cm³/mol. The van der Waals surface area contributed by atoms with Crippen LogP contribution in [-0.4, -0.2) is 54.2 Å². The summed E-state index contributed by atoms with van der Waals surface area (Å²) in [6, 6.07) is 7.56. The first kappa shape index (κ1) is 14.4. The first-order chi connectivity index (χ1) is 10.2. The van der Waals surface area contributed by atoms with E-state index in [1.807, 2.05) is 24.3 Å². The molecule has 2 heterocycles. The Morgan fingerprint density at radius 2 is 1.90 bits per heavy atom. The number of hydrogen-bond acceptors (Lipinski definition) is 4. The maximum atomic E-state index is 12.8. The monoisotopic (exact) mass is 289 g/mol. The molecule has 2 fully saturated rings. The average Bonchev–Trinajstić information content (AvgIpc) is 3.03. The molecule has 5 nitrogen and oxygen atoms in total. The molecule has 3 N–H and O–H groups in total. The van der Waals surface area contributed by atoms with Gasteiger partial charge in [-0.1, -0.05) is 12.1 Å². The van der Waals surface area contributed by atoms with Crippen LogP contribution in [0.4, 0.5) is 5.69 Å². The second-order valence-corrected chi connectivity index (χ2v) is 5.98. The number of hydrogen-bond donors (Lipinski definition) is 2. The molecule has 2 atom stereocenters. The van der Waals surface area contributed by atoms with Gasteiger partial charge in [0.1, 0.15) is 0 Å². The quantitative estimate of drug-likeness (QED) is 0.846. The zero-order chi connectivity index (χ0) is 14.8. The highest BCUT2D eigenvalue weighted by atomic mass is 16.3. The highest BCUT2D eigenvalue weighted by Crippen LogP contribution is 2.26. The van der Waals surface area contributed by atoms with E-state index < -0.39 is 6.10 Å². The number of rotatable bonds is 2. The summed E-state index contributed by atoms with van der Waals surface area (Å²) in [6.07, 6.45) is 2.39. The molecule has 0 aromatic heterocycles. The van der Waals surface area contributed by atoms with Crippen LogP contribution in [0.15, 0.2) is 24.3 Å². The molecule has 1 amide bonds. The average molecular weight is 289 g/mol. The van der Waals surface area contributed by atoms with Crippen molar-refractivity contribution in [3.63, 3.8) is 0 Å². The second-order valence-electron chi connectivity index (χ2n) is 5.98. The van der Waals surface area contributed by atoms with Crippen LogP contribution in [-0.2, 0) is 0 Å². The van der Waals surface area contributed by atoms with E-state index in [9.17, 15) is 9.90 Å².